The van der Waals surface area contributed by atoms with Gasteiger partial charge in [0.1, 0.15) is 0 Å². The van der Waals surface area contributed by atoms with Crippen LogP contribution in [0.25, 0.3) is 0 Å². The summed E-state index contributed by atoms with van der Waals surface area (Å²) in [5.41, 5.74) is 0.342. The smallest absolute Gasteiger partial charge is 0.0222 e. The van der Waals surface area contributed by atoms with E-state index in [1.54, 1.807) is 0 Å². The van der Waals surface area contributed by atoms with E-state index in [0.717, 1.165) is 0 Å². The number of nitrogens with zero attached hydrogens (tertiary/aromatic N) is 2. The Kier molecular flexibility index (Phi) is 3.04. The Labute approximate surface area is 116 Å². The molecule has 0 unspecified atom stereocenters. The number of hydrogen-bond donors (Lipinski definition) is 0. The molecule has 0 saturated heterocycles. The Balaban J connectivity index is 2.04. The average Bonchev–Trinajstić information content (AvgIpc) is 2.58. The largest absolute Gasteiger partial charge is 0.358 e. The molecular weight excluding hydrogens is 232 g/mol. The van der Waals surface area contributed by atoms with E-state index in [-0.39, 0.29) is 10.8 Å². The van der Waals surface area contributed by atoms with Gasteiger partial charge in [-0.1, -0.05) is 43.6 Å². The molecule has 1 aliphatic carbocycles. The Morgan fingerprint density at radius 1 is 0.632 bits per heavy atom. The van der Waals surface area contributed by atoms with Gasteiger partial charge in [-0.15, -0.1) is 0 Å². The lowest BCUT2D eigenvalue weighted by Crippen LogP contribution is -2.39. The second-order valence-electron chi connectivity index (χ2n) is 6.24. The molecule has 19 heavy (non-hydrogen) atoms. The third-order valence-electron chi connectivity index (χ3n) is 4.98. The molecule has 0 atom stereocenters. The van der Waals surface area contributed by atoms with Gasteiger partial charge in [-0.3, -0.25) is 0 Å². The number of rotatable bonds is 0. The molecule has 0 aromatic rings. The summed E-state index contributed by atoms with van der Waals surface area (Å²) in [5, 5.41) is 0. The topological polar surface area (TPSA) is 6.48 Å². The molecule has 2 heterocycles. The molecule has 0 bridgehead atoms. The molecule has 102 valence electrons. The zero-order chi connectivity index (χ0) is 13.3. The Bertz CT molecular complexity index is 386. The molecule has 3 rings (SSSR count). The fourth-order valence-electron chi connectivity index (χ4n) is 3.64. The highest BCUT2D eigenvalue weighted by Crippen LogP contribution is 2.55. The zero-order valence-corrected chi connectivity index (χ0v) is 12.0. The van der Waals surface area contributed by atoms with E-state index in [2.05, 4.69) is 73.0 Å². The maximum absolute atomic E-state index is 2.43. The Hall–Kier alpha value is -1.44. The molecule has 0 amide bonds. The predicted molar refractivity (Wildman–Crippen MR) is 80.0 cm³/mol. The van der Waals surface area contributed by atoms with Crippen molar-refractivity contribution in [2.75, 3.05) is 14.1 Å². The maximum Gasteiger partial charge on any atom is 0.0222 e. The minimum Gasteiger partial charge on any atom is -0.358 e. The summed E-state index contributed by atoms with van der Waals surface area (Å²) < 4.78 is 0. The van der Waals surface area contributed by atoms with Gasteiger partial charge in [0.25, 0.3) is 0 Å². The normalized spacial score (nSPS) is 27.3. The van der Waals surface area contributed by atoms with Gasteiger partial charge in [-0.25, -0.2) is 0 Å². The van der Waals surface area contributed by atoms with Gasteiger partial charge >= 0.3 is 0 Å². The molecule has 0 aromatic carbocycles. The lowest BCUT2D eigenvalue weighted by atomic mass is 9.59. The first-order valence-corrected chi connectivity index (χ1v) is 7.37. The van der Waals surface area contributed by atoms with Crippen molar-refractivity contribution in [3.8, 4) is 0 Å². The third-order valence-corrected chi connectivity index (χ3v) is 4.98. The standard InChI is InChI=1S/C17H24N2/c1-18-12-8-16(9-13-18)6-4-3-5-7-17(16)10-14-19(2)15-11-17/h8-15H,3-7H2,1-2H3. The summed E-state index contributed by atoms with van der Waals surface area (Å²) in [5.74, 6) is 0. The van der Waals surface area contributed by atoms with E-state index >= 15 is 0 Å². The van der Waals surface area contributed by atoms with E-state index in [1.165, 1.54) is 32.1 Å². The highest BCUT2D eigenvalue weighted by Gasteiger charge is 2.46. The highest BCUT2D eigenvalue weighted by atomic mass is 15.1. The van der Waals surface area contributed by atoms with Crippen molar-refractivity contribution in [2.24, 2.45) is 10.8 Å². The first-order chi connectivity index (χ1) is 9.16. The molecule has 0 aromatic heterocycles. The number of fused-ring (bicyclic) bond motifs is 1. The second kappa shape index (κ2) is 4.59. The average molecular weight is 256 g/mol. The summed E-state index contributed by atoms with van der Waals surface area (Å²) >= 11 is 0. The molecule has 1 saturated carbocycles. The summed E-state index contributed by atoms with van der Waals surface area (Å²) in [6.07, 6.45) is 25.2. The van der Waals surface area contributed by atoms with E-state index in [9.17, 15) is 0 Å². The van der Waals surface area contributed by atoms with Crippen molar-refractivity contribution in [3.05, 3.63) is 49.1 Å². The van der Waals surface area contributed by atoms with Crippen LogP contribution in [0.5, 0.6) is 0 Å². The van der Waals surface area contributed by atoms with Crippen LogP contribution in [0.4, 0.5) is 0 Å². The summed E-state index contributed by atoms with van der Waals surface area (Å²) in [6, 6.07) is 0. The first-order valence-electron chi connectivity index (χ1n) is 7.37. The second-order valence-corrected chi connectivity index (χ2v) is 6.24. The van der Waals surface area contributed by atoms with E-state index in [1.807, 2.05) is 0 Å². The van der Waals surface area contributed by atoms with Crippen LogP contribution in [0.15, 0.2) is 49.1 Å². The summed E-state index contributed by atoms with van der Waals surface area (Å²) in [7, 11) is 4.20. The quantitative estimate of drug-likeness (QED) is 0.649. The van der Waals surface area contributed by atoms with Crippen LogP contribution >= 0.6 is 0 Å². The molecule has 2 aliphatic heterocycles. The summed E-state index contributed by atoms with van der Waals surface area (Å²) in [6.45, 7) is 0. The van der Waals surface area contributed by atoms with Crippen LogP contribution in [0.3, 0.4) is 0 Å². The SMILES string of the molecule is CN1C=CC2(C=C1)CCCCCC21C=CN(C)C=C1. The van der Waals surface area contributed by atoms with Crippen molar-refractivity contribution in [2.45, 2.75) is 32.1 Å². The summed E-state index contributed by atoms with van der Waals surface area (Å²) in [4.78, 5) is 4.29. The van der Waals surface area contributed by atoms with Gasteiger partial charge in [-0.05, 0) is 12.8 Å². The maximum atomic E-state index is 2.43. The minimum atomic E-state index is 0.171. The number of allylic oxidation sites excluding steroid dienone is 4. The molecule has 2 spiro atoms. The molecule has 1 fully saturated rings. The van der Waals surface area contributed by atoms with Crippen LogP contribution in [-0.2, 0) is 0 Å². The van der Waals surface area contributed by atoms with Crippen molar-refractivity contribution >= 4 is 0 Å². The van der Waals surface area contributed by atoms with Crippen molar-refractivity contribution in [1.82, 2.24) is 9.80 Å². The molecular formula is C17H24N2. The lowest BCUT2D eigenvalue weighted by molar-refractivity contribution is 0.223. The predicted octanol–water partition coefficient (Wildman–Crippen LogP) is 3.87. The van der Waals surface area contributed by atoms with Gasteiger partial charge in [0.2, 0.25) is 0 Å². The van der Waals surface area contributed by atoms with Gasteiger partial charge in [-0.2, -0.15) is 0 Å². The van der Waals surface area contributed by atoms with E-state index in [4.69, 9.17) is 0 Å². The third kappa shape index (κ3) is 2.03. The fourth-order valence-corrected chi connectivity index (χ4v) is 3.64. The first kappa shape index (κ1) is 12.6. The van der Waals surface area contributed by atoms with Crippen molar-refractivity contribution < 1.29 is 0 Å². The fraction of sp³-hybridized carbons (Fsp3) is 0.529. The van der Waals surface area contributed by atoms with Crippen LogP contribution < -0.4 is 0 Å². The van der Waals surface area contributed by atoms with Gasteiger partial charge in [0, 0.05) is 49.7 Å². The van der Waals surface area contributed by atoms with Crippen LogP contribution in [0.2, 0.25) is 0 Å². The van der Waals surface area contributed by atoms with E-state index < -0.39 is 0 Å². The van der Waals surface area contributed by atoms with Crippen LogP contribution in [-0.4, -0.2) is 23.9 Å². The minimum absolute atomic E-state index is 0.171. The van der Waals surface area contributed by atoms with Gasteiger partial charge in [0.15, 0.2) is 0 Å². The van der Waals surface area contributed by atoms with Crippen LogP contribution in [0, 0.1) is 10.8 Å². The lowest BCUT2D eigenvalue weighted by Gasteiger charge is -2.46. The van der Waals surface area contributed by atoms with Gasteiger partial charge in [0.05, 0.1) is 0 Å². The highest BCUT2D eigenvalue weighted by molar-refractivity contribution is 5.33. The van der Waals surface area contributed by atoms with Crippen LogP contribution in [0.1, 0.15) is 32.1 Å². The molecule has 0 radical (unpaired) electrons. The molecule has 2 heteroatoms. The van der Waals surface area contributed by atoms with Crippen molar-refractivity contribution in [1.29, 1.82) is 0 Å². The van der Waals surface area contributed by atoms with Crippen molar-refractivity contribution in [3.63, 3.8) is 0 Å². The Morgan fingerprint density at radius 2 is 1.00 bits per heavy atom. The molecule has 2 nitrogen and oxygen atoms in total. The Morgan fingerprint density at radius 3 is 1.37 bits per heavy atom. The van der Waals surface area contributed by atoms with E-state index in [0.29, 0.717) is 0 Å². The zero-order valence-electron chi connectivity index (χ0n) is 12.0. The molecule has 3 aliphatic rings. The molecule has 0 N–H and O–H groups in total. The monoisotopic (exact) mass is 256 g/mol. The van der Waals surface area contributed by atoms with Gasteiger partial charge < -0.3 is 9.80 Å². The number of hydrogen-bond acceptors (Lipinski definition) is 2.